The molecule has 1 aromatic carbocycles. The van der Waals surface area contributed by atoms with E-state index in [1.54, 1.807) is 16.4 Å². The van der Waals surface area contributed by atoms with Gasteiger partial charge in [-0.05, 0) is 49.7 Å². The van der Waals surface area contributed by atoms with Crippen LogP contribution in [0.25, 0.3) is 0 Å². The zero-order valence-corrected chi connectivity index (χ0v) is 13.7. The van der Waals surface area contributed by atoms with Gasteiger partial charge in [0.1, 0.15) is 0 Å². The average molecular weight is 311 g/mol. The first-order valence-electron chi connectivity index (χ1n) is 7.49. The van der Waals surface area contributed by atoms with Gasteiger partial charge in [-0.3, -0.25) is 0 Å². The van der Waals surface area contributed by atoms with Crippen molar-refractivity contribution in [3.8, 4) is 0 Å². The summed E-state index contributed by atoms with van der Waals surface area (Å²) < 4.78 is 27.2. The molecule has 1 saturated heterocycles. The van der Waals surface area contributed by atoms with Crippen molar-refractivity contribution in [2.24, 2.45) is 5.73 Å². The smallest absolute Gasteiger partial charge is 0.243 e. The fraction of sp³-hybridized carbons (Fsp3) is 0.600. The van der Waals surface area contributed by atoms with Crippen LogP contribution in [-0.2, 0) is 23.0 Å². The number of aryl methyl sites for hydroxylation is 1. The van der Waals surface area contributed by atoms with Crippen LogP contribution in [-0.4, -0.2) is 50.8 Å². The highest BCUT2D eigenvalue weighted by Crippen LogP contribution is 2.21. The van der Waals surface area contributed by atoms with E-state index in [-0.39, 0.29) is 0 Å². The Morgan fingerprint density at radius 2 is 1.90 bits per heavy atom. The van der Waals surface area contributed by atoms with Gasteiger partial charge >= 0.3 is 0 Å². The Hall–Kier alpha value is -0.950. The van der Waals surface area contributed by atoms with Crippen molar-refractivity contribution in [3.63, 3.8) is 0 Å². The molecule has 1 fully saturated rings. The highest BCUT2D eigenvalue weighted by Gasteiger charge is 2.26. The predicted molar refractivity (Wildman–Crippen MR) is 84.6 cm³/mol. The van der Waals surface area contributed by atoms with Crippen molar-refractivity contribution < 1.29 is 8.42 Å². The normalized spacial score (nSPS) is 18.6. The third-order valence-electron chi connectivity index (χ3n) is 4.09. The molecule has 0 aliphatic carbocycles. The molecule has 1 heterocycles. The van der Waals surface area contributed by atoms with E-state index in [2.05, 4.69) is 4.90 Å². The fourth-order valence-corrected chi connectivity index (χ4v) is 4.23. The van der Waals surface area contributed by atoms with Gasteiger partial charge in [0.05, 0.1) is 4.90 Å². The molecule has 1 aliphatic rings. The highest BCUT2D eigenvalue weighted by atomic mass is 32.2. The fourth-order valence-electron chi connectivity index (χ4n) is 2.71. The summed E-state index contributed by atoms with van der Waals surface area (Å²) in [4.78, 5) is 2.53. The van der Waals surface area contributed by atoms with Crippen LogP contribution < -0.4 is 5.73 Å². The van der Waals surface area contributed by atoms with Gasteiger partial charge in [0.15, 0.2) is 0 Å². The van der Waals surface area contributed by atoms with Crippen molar-refractivity contribution >= 4 is 10.0 Å². The number of nitrogens with two attached hydrogens (primary N) is 1. The third-order valence-corrected chi connectivity index (χ3v) is 5.99. The monoisotopic (exact) mass is 311 g/mol. The summed E-state index contributed by atoms with van der Waals surface area (Å²) in [5.41, 5.74) is 7.78. The molecule has 0 aromatic heterocycles. The lowest BCUT2D eigenvalue weighted by Gasteiger charge is -2.21. The van der Waals surface area contributed by atoms with E-state index >= 15 is 0 Å². The minimum atomic E-state index is -3.42. The van der Waals surface area contributed by atoms with E-state index in [0.717, 1.165) is 37.1 Å². The first-order valence-corrected chi connectivity index (χ1v) is 8.93. The van der Waals surface area contributed by atoms with E-state index in [1.165, 1.54) is 0 Å². The third kappa shape index (κ3) is 3.63. The molecule has 0 atom stereocenters. The van der Waals surface area contributed by atoms with E-state index < -0.39 is 10.0 Å². The number of benzene rings is 1. The number of hydrogen-bond acceptors (Lipinski definition) is 4. The Labute approximate surface area is 127 Å². The van der Waals surface area contributed by atoms with Crippen LogP contribution in [0.4, 0.5) is 0 Å². The zero-order valence-electron chi connectivity index (χ0n) is 12.9. The molecule has 5 nitrogen and oxygen atoms in total. The second-order valence-corrected chi connectivity index (χ2v) is 7.49. The molecule has 0 bridgehead atoms. The lowest BCUT2D eigenvalue weighted by atomic mass is 10.1. The van der Waals surface area contributed by atoms with Crippen LogP contribution in [0.2, 0.25) is 0 Å². The molecule has 0 radical (unpaired) electrons. The van der Waals surface area contributed by atoms with Crippen molar-refractivity contribution in [2.45, 2.75) is 31.2 Å². The Kier molecular flexibility index (Phi) is 5.37. The van der Waals surface area contributed by atoms with Gasteiger partial charge in [-0.25, -0.2) is 8.42 Å². The standard InChI is InChI=1S/C15H25N3O2S/c1-3-13-5-6-15(11-14(13)12-16)21(19,20)18-8-4-7-17(2)9-10-18/h5-6,11H,3-4,7-10,12,16H2,1-2H3. The van der Waals surface area contributed by atoms with Gasteiger partial charge in [-0.15, -0.1) is 0 Å². The van der Waals surface area contributed by atoms with E-state index in [4.69, 9.17) is 5.73 Å². The summed E-state index contributed by atoms with van der Waals surface area (Å²) in [6.45, 7) is 5.26. The van der Waals surface area contributed by atoms with Crippen LogP contribution in [0.3, 0.4) is 0 Å². The maximum Gasteiger partial charge on any atom is 0.243 e. The van der Waals surface area contributed by atoms with E-state index in [9.17, 15) is 8.42 Å². The Bertz CT molecular complexity index is 587. The van der Waals surface area contributed by atoms with Crippen LogP contribution in [0.15, 0.2) is 23.1 Å². The molecular formula is C15H25N3O2S. The minimum absolute atomic E-state index is 0.365. The molecule has 1 aromatic rings. The Morgan fingerprint density at radius 3 is 2.57 bits per heavy atom. The highest BCUT2D eigenvalue weighted by molar-refractivity contribution is 7.89. The SMILES string of the molecule is CCc1ccc(S(=O)(=O)N2CCCN(C)CC2)cc1CN. The number of rotatable bonds is 4. The second kappa shape index (κ2) is 6.87. The molecule has 0 unspecified atom stereocenters. The van der Waals surface area contributed by atoms with Crippen molar-refractivity contribution in [1.29, 1.82) is 0 Å². The van der Waals surface area contributed by atoms with E-state index in [0.29, 0.717) is 24.5 Å². The average Bonchev–Trinajstić information content (AvgIpc) is 2.71. The summed E-state index contributed by atoms with van der Waals surface area (Å²) in [7, 11) is -1.39. The van der Waals surface area contributed by atoms with E-state index in [1.807, 2.05) is 20.0 Å². The molecule has 118 valence electrons. The quantitative estimate of drug-likeness (QED) is 0.902. The first-order chi connectivity index (χ1) is 9.98. The summed E-state index contributed by atoms with van der Waals surface area (Å²) in [5.74, 6) is 0. The van der Waals surface area contributed by atoms with Gasteiger partial charge in [0, 0.05) is 26.2 Å². The second-order valence-electron chi connectivity index (χ2n) is 5.55. The summed E-state index contributed by atoms with van der Waals surface area (Å²) in [6, 6.07) is 5.34. The number of nitrogens with zero attached hydrogens (tertiary/aromatic N) is 2. The van der Waals surface area contributed by atoms with Crippen molar-refractivity contribution in [1.82, 2.24) is 9.21 Å². The van der Waals surface area contributed by atoms with Gasteiger partial charge in [0.2, 0.25) is 10.0 Å². The van der Waals surface area contributed by atoms with Gasteiger partial charge in [0.25, 0.3) is 0 Å². The predicted octanol–water partition coefficient (Wildman–Crippen LogP) is 1.03. The molecule has 6 heteroatoms. The topological polar surface area (TPSA) is 66.6 Å². The Balaban J connectivity index is 2.30. The van der Waals surface area contributed by atoms with Crippen molar-refractivity contribution in [3.05, 3.63) is 29.3 Å². The maximum atomic E-state index is 12.8. The maximum absolute atomic E-state index is 12.8. The Morgan fingerprint density at radius 1 is 1.14 bits per heavy atom. The first kappa shape index (κ1) is 16.4. The van der Waals surface area contributed by atoms with Crippen LogP contribution in [0.1, 0.15) is 24.5 Å². The summed E-state index contributed by atoms with van der Waals surface area (Å²) in [6.07, 6.45) is 1.73. The largest absolute Gasteiger partial charge is 0.326 e. The molecule has 21 heavy (non-hydrogen) atoms. The van der Waals surface area contributed by atoms with Crippen molar-refractivity contribution in [2.75, 3.05) is 33.2 Å². The zero-order chi connectivity index (χ0) is 15.5. The number of likely N-dealkylation sites (N-methyl/N-ethyl adjacent to an activating group) is 1. The van der Waals surface area contributed by atoms with Crippen LogP contribution in [0.5, 0.6) is 0 Å². The molecule has 2 rings (SSSR count). The summed E-state index contributed by atoms with van der Waals surface area (Å²) >= 11 is 0. The molecule has 0 saturated carbocycles. The van der Waals surface area contributed by atoms with Gasteiger partial charge in [-0.2, -0.15) is 4.31 Å². The lowest BCUT2D eigenvalue weighted by molar-refractivity contribution is 0.347. The van der Waals surface area contributed by atoms with Crippen LogP contribution in [0, 0.1) is 0 Å². The number of sulfonamides is 1. The lowest BCUT2D eigenvalue weighted by Crippen LogP contribution is -2.34. The molecule has 0 spiro atoms. The van der Waals surface area contributed by atoms with Gasteiger partial charge in [-0.1, -0.05) is 13.0 Å². The molecule has 0 amide bonds. The minimum Gasteiger partial charge on any atom is -0.326 e. The molecule has 1 aliphatic heterocycles. The van der Waals surface area contributed by atoms with Crippen LogP contribution >= 0.6 is 0 Å². The molecule has 2 N–H and O–H groups in total. The summed E-state index contributed by atoms with van der Waals surface area (Å²) in [5, 5.41) is 0. The van der Waals surface area contributed by atoms with Gasteiger partial charge < -0.3 is 10.6 Å². The molecular weight excluding hydrogens is 286 g/mol. The number of hydrogen-bond donors (Lipinski definition) is 1.